The zero-order valence-corrected chi connectivity index (χ0v) is 8.19. The van der Waals surface area contributed by atoms with Crippen LogP contribution in [-0.4, -0.2) is 9.97 Å². The summed E-state index contributed by atoms with van der Waals surface area (Å²) < 4.78 is 13.2. The van der Waals surface area contributed by atoms with Gasteiger partial charge in [-0.2, -0.15) is 0 Å². The van der Waals surface area contributed by atoms with E-state index < -0.39 is 0 Å². The topological polar surface area (TPSA) is 28.7 Å². The van der Waals surface area contributed by atoms with Gasteiger partial charge in [0.1, 0.15) is 11.5 Å². The number of hydrogen-bond donors (Lipinski definition) is 1. The van der Waals surface area contributed by atoms with E-state index in [4.69, 9.17) is 0 Å². The minimum Gasteiger partial charge on any atom is -0.340 e. The molecule has 0 saturated carbocycles. The molecule has 2 aromatic heterocycles. The summed E-state index contributed by atoms with van der Waals surface area (Å²) >= 11 is 0. The maximum absolute atomic E-state index is 13.2. The standard InChI is InChI=1S/C11H11FN2/c1-6(2)10-5-8-4-9(12)7(3)13-11(8)14-10/h4-5H,1H2,2-3H3,(H,13,14). The Morgan fingerprint density at radius 1 is 1.50 bits per heavy atom. The van der Waals surface area contributed by atoms with E-state index in [1.54, 1.807) is 6.92 Å². The van der Waals surface area contributed by atoms with Crippen LogP contribution in [-0.2, 0) is 0 Å². The first-order valence-corrected chi connectivity index (χ1v) is 4.39. The minimum atomic E-state index is -0.273. The lowest BCUT2D eigenvalue weighted by Gasteiger charge is -1.94. The number of aromatic nitrogens is 2. The monoisotopic (exact) mass is 190 g/mol. The van der Waals surface area contributed by atoms with E-state index in [1.165, 1.54) is 6.07 Å². The van der Waals surface area contributed by atoms with Gasteiger partial charge in [0, 0.05) is 11.1 Å². The van der Waals surface area contributed by atoms with Gasteiger partial charge in [0.2, 0.25) is 0 Å². The van der Waals surface area contributed by atoms with Gasteiger partial charge in [-0.1, -0.05) is 6.58 Å². The van der Waals surface area contributed by atoms with Crippen molar-refractivity contribution in [2.45, 2.75) is 13.8 Å². The predicted octanol–water partition coefficient (Wildman–Crippen LogP) is 3.04. The molecule has 0 spiro atoms. The fraction of sp³-hybridized carbons (Fsp3) is 0.182. The zero-order valence-electron chi connectivity index (χ0n) is 8.19. The third-order valence-corrected chi connectivity index (χ3v) is 2.19. The average Bonchev–Trinajstić information content (AvgIpc) is 2.48. The molecule has 14 heavy (non-hydrogen) atoms. The van der Waals surface area contributed by atoms with Crippen LogP contribution in [0.1, 0.15) is 18.3 Å². The lowest BCUT2D eigenvalue weighted by molar-refractivity contribution is 0.613. The molecule has 0 fully saturated rings. The van der Waals surface area contributed by atoms with E-state index in [0.29, 0.717) is 11.3 Å². The Morgan fingerprint density at radius 2 is 2.21 bits per heavy atom. The van der Waals surface area contributed by atoms with Gasteiger partial charge in [0.05, 0.1) is 5.69 Å². The van der Waals surface area contributed by atoms with E-state index in [9.17, 15) is 4.39 Å². The molecule has 0 radical (unpaired) electrons. The lowest BCUT2D eigenvalue weighted by Crippen LogP contribution is -1.87. The van der Waals surface area contributed by atoms with Gasteiger partial charge < -0.3 is 4.98 Å². The molecule has 0 aliphatic carbocycles. The van der Waals surface area contributed by atoms with Crippen LogP contribution in [0.4, 0.5) is 4.39 Å². The number of fused-ring (bicyclic) bond motifs is 1. The highest BCUT2D eigenvalue weighted by molar-refractivity contribution is 5.81. The number of nitrogens with one attached hydrogen (secondary N) is 1. The number of aromatic amines is 1. The maximum Gasteiger partial charge on any atom is 0.145 e. The fourth-order valence-electron chi connectivity index (χ4n) is 1.35. The summed E-state index contributed by atoms with van der Waals surface area (Å²) in [6.45, 7) is 7.36. The highest BCUT2D eigenvalue weighted by atomic mass is 19.1. The number of halogens is 1. The van der Waals surface area contributed by atoms with Crippen LogP contribution >= 0.6 is 0 Å². The summed E-state index contributed by atoms with van der Waals surface area (Å²) in [5, 5.41) is 0.783. The molecule has 0 aliphatic rings. The van der Waals surface area contributed by atoms with Crippen molar-refractivity contribution in [3.05, 3.63) is 35.9 Å². The predicted molar refractivity (Wildman–Crippen MR) is 55.5 cm³/mol. The van der Waals surface area contributed by atoms with Gasteiger partial charge in [-0.05, 0) is 31.6 Å². The van der Waals surface area contributed by atoms with Gasteiger partial charge in [-0.25, -0.2) is 9.37 Å². The second kappa shape index (κ2) is 2.94. The quantitative estimate of drug-likeness (QED) is 0.735. The third-order valence-electron chi connectivity index (χ3n) is 2.19. The van der Waals surface area contributed by atoms with Crippen LogP contribution in [0, 0.1) is 12.7 Å². The number of H-pyrrole nitrogens is 1. The summed E-state index contributed by atoms with van der Waals surface area (Å²) in [6, 6.07) is 3.34. The molecule has 0 amide bonds. The molecule has 0 bridgehead atoms. The Hall–Kier alpha value is -1.64. The Labute approximate surface area is 81.5 Å². The Bertz CT molecular complexity index is 472. The van der Waals surface area contributed by atoms with Crippen molar-refractivity contribution in [1.82, 2.24) is 9.97 Å². The van der Waals surface area contributed by atoms with Gasteiger partial charge in [-0.3, -0.25) is 0 Å². The largest absolute Gasteiger partial charge is 0.340 e. The first-order valence-electron chi connectivity index (χ1n) is 4.39. The lowest BCUT2D eigenvalue weighted by atomic mass is 10.2. The van der Waals surface area contributed by atoms with Crippen molar-refractivity contribution in [2.24, 2.45) is 0 Å². The highest BCUT2D eigenvalue weighted by Gasteiger charge is 2.06. The summed E-state index contributed by atoms with van der Waals surface area (Å²) in [5.41, 5.74) is 2.94. The number of hydrogen-bond acceptors (Lipinski definition) is 1. The second-order valence-electron chi connectivity index (χ2n) is 3.46. The SMILES string of the molecule is C=C(C)c1cc2cc(F)c(C)nc2[nH]1. The molecule has 2 aromatic rings. The van der Waals surface area contributed by atoms with Crippen LogP contribution < -0.4 is 0 Å². The van der Waals surface area contributed by atoms with E-state index in [2.05, 4.69) is 16.5 Å². The first kappa shape index (κ1) is 8.94. The van der Waals surface area contributed by atoms with Crippen LogP contribution in [0.25, 0.3) is 16.6 Å². The molecular weight excluding hydrogens is 179 g/mol. The van der Waals surface area contributed by atoms with Crippen molar-refractivity contribution in [3.63, 3.8) is 0 Å². The summed E-state index contributed by atoms with van der Waals surface area (Å²) in [7, 11) is 0. The summed E-state index contributed by atoms with van der Waals surface area (Å²) in [4.78, 5) is 7.19. The molecule has 0 atom stereocenters. The van der Waals surface area contributed by atoms with Gasteiger partial charge in [0.15, 0.2) is 0 Å². The molecule has 2 heterocycles. The van der Waals surface area contributed by atoms with Gasteiger partial charge >= 0.3 is 0 Å². The maximum atomic E-state index is 13.2. The smallest absolute Gasteiger partial charge is 0.145 e. The Kier molecular flexibility index (Phi) is 1.88. The third kappa shape index (κ3) is 1.31. The number of pyridine rings is 1. The minimum absolute atomic E-state index is 0.273. The highest BCUT2D eigenvalue weighted by Crippen LogP contribution is 2.19. The summed E-state index contributed by atoms with van der Waals surface area (Å²) in [6.07, 6.45) is 0. The Morgan fingerprint density at radius 3 is 2.86 bits per heavy atom. The van der Waals surface area contributed by atoms with Crippen molar-refractivity contribution < 1.29 is 4.39 Å². The molecule has 72 valence electrons. The number of aryl methyl sites for hydroxylation is 1. The number of allylic oxidation sites excluding steroid dienone is 1. The fourth-order valence-corrected chi connectivity index (χ4v) is 1.35. The molecule has 2 nitrogen and oxygen atoms in total. The first-order chi connectivity index (χ1) is 6.58. The molecule has 0 aromatic carbocycles. The van der Waals surface area contributed by atoms with Gasteiger partial charge in [0.25, 0.3) is 0 Å². The number of nitrogens with zero attached hydrogens (tertiary/aromatic N) is 1. The van der Waals surface area contributed by atoms with Crippen molar-refractivity contribution in [2.75, 3.05) is 0 Å². The molecule has 1 N–H and O–H groups in total. The summed E-state index contributed by atoms with van der Waals surface area (Å²) in [5.74, 6) is -0.273. The van der Waals surface area contributed by atoms with E-state index >= 15 is 0 Å². The molecule has 0 unspecified atom stereocenters. The van der Waals surface area contributed by atoms with Crippen LogP contribution in [0.3, 0.4) is 0 Å². The van der Waals surface area contributed by atoms with E-state index in [0.717, 1.165) is 16.7 Å². The van der Waals surface area contributed by atoms with Crippen LogP contribution in [0.5, 0.6) is 0 Å². The molecule has 0 aliphatic heterocycles. The Balaban J connectivity index is 2.72. The second-order valence-corrected chi connectivity index (χ2v) is 3.46. The van der Waals surface area contributed by atoms with Crippen molar-refractivity contribution >= 4 is 16.6 Å². The van der Waals surface area contributed by atoms with Crippen molar-refractivity contribution in [1.29, 1.82) is 0 Å². The zero-order chi connectivity index (χ0) is 10.3. The van der Waals surface area contributed by atoms with E-state index in [1.807, 2.05) is 13.0 Å². The normalized spacial score (nSPS) is 10.8. The molecular formula is C11H11FN2. The van der Waals surface area contributed by atoms with Crippen LogP contribution in [0.2, 0.25) is 0 Å². The van der Waals surface area contributed by atoms with Gasteiger partial charge in [-0.15, -0.1) is 0 Å². The number of rotatable bonds is 1. The van der Waals surface area contributed by atoms with Crippen molar-refractivity contribution in [3.8, 4) is 0 Å². The van der Waals surface area contributed by atoms with E-state index in [-0.39, 0.29) is 5.82 Å². The van der Waals surface area contributed by atoms with Crippen LogP contribution in [0.15, 0.2) is 18.7 Å². The molecule has 0 saturated heterocycles. The molecule has 2 rings (SSSR count). The molecule has 3 heteroatoms. The average molecular weight is 190 g/mol.